The molecule has 0 atom stereocenters. The van der Waals surface area contributed by atoms with Crippen LogP contribution >= 0.6 is 0 Å². The summed E-state index contributed by atoms with van der Waals surface area (Å²) in [6, 6.07) is 9.08. The summed E-state index contributed by atoms with van der Waals surface area (Å²) in [6.07, 6.45) is 0. The molecule has 4 heteroatoms. The molecule has 1 N–H and O–H groups in total. The molecule has 0 unspecified atom stereocenters. The first-order valence-electron chi connectivity index (χ1n) is 5.74. The van der Waals surface area contributed by atoms with Gasteiger partial charge in [0.25, 0.3) is 0 Å². The van der Waals surface area contributed by atoms with E-state index in [0.29, 0.717) is 22.6 Å². The van der Waals surface area contributed by atoms with Gasteiger partial charge in [-0.05, 0) is 37.6 Å². The van der Waals surface area contributed by atoms with Gasteiger partial charge in [0.1, 0.15) is 11.6 Å². The molecule has 0 saturated carbocycles. The predicted molar refractivity (Wildman–Crippen MR) is 68.8 cm³/mol. The fraction of sp³-hybridized carbons (Fsp3) is 0.143. The lowest BCUT2D eigenvalue weighted by Crippen LogP contribution is -1.89. The zero-order chi connectivity index (χ0) is 12.7. The van der Waals surface area contributed by atoms with Gasteiger partial charge < -0.3 is 4.98 Å². The Balaban J connectivity index is 2.22. The average Bonchev–Trinajstić information content (AvgIpc) is 2.75. The maximum atomic E-state index is 14.0. The highest BCUT2D eigenvalue weighted by Crippen LogP contribution is 2.24. The van der Waals surface area contributed by atoms with Crippen LogP contribution in [0.4, 0.5) is 4.39 Å². The van der Waals surface area contributed by atoms with Gasteiger partial charge in [0, 0.05) is 5.69 Å². The molecule has 0 aliphatic carbocycles. The van der Waals surface area contributed by atoms with E-state index in [-0.39, 0.29) is 5.82 Å². The number of fused-ring (bicyclic) bond motifs is 1. The molecule has 2 aromatic heterocycles. The van der Waals surface area contributed by atoms with Gasteiger partial charge >= 0.3 is 0 Å². The van der Waals surface area contributed by atoms with E-state index >= 15 is 0 Å². The summed E-state index contributed by atoms with van der Waals surface area (Å²) in [5, 5.41) is 0. The fourth-order valence-corrected chi connectivity index (χ4v) is 1.95. The highest BCUT2D eigenvalue weighted by molar-refractivity contribution is 5.76. The first-order valence-corrected chi connectivity index (χ1v) is 5.74. The highest BCUT2D eigenvalue weighted by atomic mass is 19.1. The molecule has 0 amide bonds. The number of nitrogens with one attached hydrogen (secondary N) is 1. The molecule has 3 aromatic rings. The topological polar surface area (TPSA) is 41.6 Å². The van der Waals surface area contributed by atoms with Crippen LogP contribution < -0.4 is 0 Å². The highest BCUT2D eigenvalue weighted by Gasteiger charge is 2.11. The monoisotopic (exact) mass is 241 g/mol. The van der Waals surface area contributed by atoms with Crippen LogP contribution in [0.5, 0.6) is 0 Å². The Morgan fingerprint density at radius 1 is 1.06 bits per heavy atom. The summed E-state index contributed by atoms with van der Waals surface area (Å²) < 4.78 is 14.0. The predicted octanol–water partition coefficient (Wildman–Crippen LogP) is 3.38. The zero-order valence-corrected chi connectivity index (χ0v) is 10.2. The number of pyridine rings is 1. The van der Waals surface area contributed by atoms with Crippen LogP contribution in [0.15, 0.2) is 30.3 Å². The maximum Gasteiger partial charge on any atom is 0.178 e. The van der Waals surface area contributed by atoms with Crippen LogP contribution in [-0.4, -0.2) is 15.0 Å². The lowest BCUT2D eigenvalue weighted by Gasteiger charge is -2.01. The average molecular weight is 241 g/mol. The van der Waals surface area contributed by atoms with Crippen molar-refractivity contribution in [3.63, 3.8) is 0 Å². The van der Waals surface area contributed by atoms with E-state index in [4.69, 9.17) is 0 Å². The molecule has 90 valence electrons. The SMILES string of the molecule is Cc1ccc2[nH]c(-c3cccc(C)c3F)nc2n1. The van der Waals surface area contributed by atoms with Crippen LogP contribution in [0, 0.1) is 19.7 Å². The van der Waals surface area contributed by atoms with Gasteiger partial charge in [-0.3, -0.25) is 0 Å². The van der Waals surface area contributed by atoms with Crippen molar-refractivity contribution >= 4 is 11.2 Å². The lowest BCUT2D eigenvalue weighted by molar-refractivity contribution is 0.621. The molecule has 0 radical (unpaired) electrons. The first kappa shape index (κ1) is 10.9. The minimum absolute atomic E-state index is 0.242. The van der Waals surface area contributed by atoms with Crippen molar-refractivity contribution in [3.8, 4) is 11.4 Å². The van der Waals surface area contributed by atoms with Crippen molar-refractivity contribution < 1.29 is 4.39 Å². The van der Waals surface area contributed by atoms with Gasteiger partial charge in [-0.2, -0.15) is 0 Å². The Kier molecular flexibility index (Phi) is 2.37. The van der Waals surface area contributed by atoms with Crippen LogP contribution in [0.1, 0.15) is 11.3 Å². The van der Waals surface area contributed by atoms with Crippen LogP contribution in [-0.2, 0) is 0 Å². The molecule has 3 rings (SSSR count). The van der Waals surface area contributed by atoms with Crippen molar-refractivity contribution in [1.29, 1.82) is 0 Å². The second-order valence-corrected chi connectivity index (χ2v) is 4.35. The number of benzene rings is 1. The standard InChI is InChI=1S/C14H12FN3/c1-8-4-3-5-10(12(8)15)13-17-11-7-6-9(2)16-14(11)18-13/h3-7H,1-2H3,(H,16,17,18). The molecule has 0 aliphatic rings. The first-order chi connectivity index (χ1) is 8.65. The molecule has 18 heavy (non-hydrogen) atoms. The third-order valence-electron chi connectivity index (χ3n) is 2.93. The van der Waals surface area contributed by atoms with Gasteiger partial charge in [-0.15, -0.1) is 0 Å². The molecular formula is C14H12FN3. The third kappa shape index (κ3) is 1.66. The minimum atomic E-state index is -0.242. The number of halogens is 1. The Labute approximate surface area is 104 Å². The van der Waals surface area contributed by atoms with Gasteiger partial charge in [0.05, 0.1) is 11.1 Å². The summed E-state index contributed by atoms with van der Waals surface area (Å²) in [4.78, 5) is 11.7. The number of hydrogen-bond acceptors (Lipinski definition) is 2. The van der Waals surface area contributed by atoms with Crippen LogP contribution in [0.2, 0.25) is 0 Å². The number of aromatic amines is 1. The van der Waals surface area contributed by atoms with E-state index in [1.165, 1.54) is 0 Å². The van der Waals surface area contributed by atoms with Crippen molar-refractivity contribution in [2.24, 2.45) is 0 Å². The molecule has 1 aromatic carbocycles. The minimum Gasteiger partial charge on any atom is -0.336 e. The molecule has 0 bridgehead atoms. The summed E-state index contributed by atoms with van der Waals surface area (Å²) in [5.74, 6) is 0.276. The van der Waals surface area contributed by atoms with Crippen LogP contribution in [0.3, 0.4) is 0 Å². The molecule has 2 heterocycles. The van der Waals surface area contributed by atoms with Crippen molar-refractivity contribution in [3.05, 3.63) is 47.4 Å². The van der Waals surface area contributed by atoms with Crippen molar-refractivity contribution in [1.82, 2.24) is 15.0 Å². The largest absolute Gasteiger partial charge is 0.336 e. The lowest BCUT2D eigenvalue weighted by atomic mass is 10.1. The second-order valence-electron chi connectivity index (χ2n) is 4.35. The summed E-state index contributed by atoms with van der Waals surface area (Å²) in [7, 11) is 0. The van der Waals surface area contributed by atoms with Crippen LogP contribution in [0.25, 0.3) is 22.6 Å². The number of imidazole rings is 1. The molecule has 0 saturated heterocycles. The smallest absolute Gasteiger partial charge is 0.178 e. The summed E-state index contributed by atoms with van der Waals surface area (Å²) in [5.41, 5.74) is 3.41. The van der Waals surface area contributed by atoms with Crippen molar-refractivity contribution in [2.75, 3.05) is 0 Å². The molecule has 0 spiro atoms. The Morgan fingerprint density at radius 3 is 2.72 bits per heavy atom. The van der Waals surface area contributed by atoms with E-state index in [1.54, 1.807) is 19.1 Å². The Bertz CT molecular complexity index is 731. The fourth-order valence-electron chi connectivity index (χ4n) is 1.95. The second kappa shape index (κ2) is 3.91. The Hall–Kier alpha value is -2.23. The number of aromatic nitrogens is 3. The number of rotatable bonds is 1. The van der Waals surface area contributed by atoms with E-state index in [0.717, 1.165) is 11.2 Å². The molecule has 0 aliphatic heterocycles. The van der Waals surface area contributed by atoms with Gasteiger partial charge in [-0.25, -0.2) is 14.4 Å². The number of hydrogen-bond donors (Lipinski definition) is 1. The molecular weight excluding hydrogens is 229 g/mol. The van der Waals surface area contributed by atoms with E-state index in [9.17, 15) is 4.39 Å². The number of H-pyrrole nitrogens is 1. The summed E-state index contributed by atoms with van der Waals surface area (Å²) in [6.45, 7) is 3.64. The van der Waals surface area contributed by atoms with Crippen molar-refractivity contribution in [2.45, 2.75) is 13.8 Å². The number of aryl methyl sites for hydroxylation is 2. The molecule has 3 nitrogen and oxygen atoms in total. The van der Waals surface area contributed by atoms with Gasteiger partial charge in [0.2, 0.25) is 0 Å². The third-order valence-corrected chi connectivity index (χ3v) is 2.93. The van der Waals surface area contributed by atoms with Gasteiger partial charge in [0.15, 0.2) is 5.65 Å². The number of nitrogens with zero attached hydrogens (tertiary/aromatic N) is 2. The van der Waals surface area contributed by atoms with E-state index in [1.807, 2.05) is 25.1 Å². The quantitative estimate of drug-likeness (QED) is 0.709. The van der Waals surface area contributed by atoms with E-state index < -0.39 is 0 Å². The van der Waals surface area contributed by atoms with Gasteiger partial charge in [-0.1, -0.05) is 12.1 Å². The normalized spacial score (nSPS) is 11.1. The summed E-state index contributed by atoms with van der Waals surface area (Å²) >= 11 is 0. The maximum absolute atomic E-state index is 14.0. The Morgan fingerprint density at radius 2 is 1.89 bits per heavy atom. The zero-order valence-electron chi connectivity index (χ0n) is 10.2. The molecule has 0 fully saturated rings. The van der Waals surface area contributed by atoms with E-state index in [2.05, 4.69) is 15.0 Å².